The molecule has 0 aromatic heterocycles. The van der Waals surface area contributed by atoms with Gasteiger partial charge in [0.15, 0.2) is 12.4 Å². The van der Waals surface area contributed by atoms with Crippen LogP contribution in [0.15, 0.2) is 55.1 Å². The van der Waals surface area contributed by atoms with Gasteiger partial charge in [0.05, 0.1) is 23.3 Å². The molecule has 2 aromatic rings. The number of hydrogen-bond acceptors (Lipinski definition) is 6. The third kappa shape index (κ3) is 5.70. The van der Waals surface area contributed by atoms with Gasteiger partial charge in [-0.15, -0.1) is 18.3 Å². The Morgan fingerprint density at radius 1 is 1.28 bits per heavy atom. The number of ketones is 1. The molecule has 1 heterocycles. The maximum Gasteiger partial charge on any atom is 0.265 e. The molecule has 0 bridgehead atoms. The number of carbonyl (C=O) groups is 3. The summed E-state index contributed by atoms with van der Waals surface area (Å²) in [6, 6.07) is 12.2. The van der Waals surface area contributed by atoms with E-state index in [0.717, 1.165) is 5.75 Å². The SMILES string of the molecule is C=CCN1C(=O)COc2ccc(C(=O)C(C)SCC(=O)Nc3ccc(OCC)cc3)cc21. The molecule has 3 rings (SSSR count). The van der Waals surface area contributed by atoms with Gasteiger partial charge in [0.2, 0.25) is 5.91 Å². The number of thioether (sulfide) groups is 1. The van der Waals surface area contributed by atoms with E-state index in [1.54, 1.807) is 60.4 Å². The van der Waals surface area contributed by atoms with Crippen LogP contribution < -0.4 is 19.7 Å². The molecule has 0 aliphatic carbocycles. The van der Waals surface area contributed by atoms with Crippen molar-refractivity contribution in [2.45, 2.75) is 19.1 Å². The number of nitrogens with zero attached hydrogens (tertiary/aromatic N) is 1. The molecule has 1 N–H and O–H groups in total. The van der Waals surface area contributed by atoms with Crippen molar-refractivity contribution in [3.05, 3.63) is 60.7 Å². The zero-order valence-corrected chi connectivity index (χ0v) is 18.9. The summed E-state index contributed by atoms with van der Waals surface area (Å²) in [7, 11) is 0. The van der Waals surface area contributed by atoms with Crippen molar-refractivity contribution >= 4 is 40.7 Å². The Hall–Kier alpha value is -3.26. The first kappa shape index (κ1) is 23.4. The summed E-state index contributed by atoms with van der Waals surface area (Å²) in [5, 5.41) is 2.38. The van der Waals surface area contributed by atoms with Crippen molar-refractivity contribution in [2.75, 3.05) is 35.7 Å². The third-order valence-corrected chi connectivity index (χ3v) is 5.92. The molecular weight excluding hydrogens is 428 g/mol. The van der Waals surface area contributed by atoms with Crippen LogP contribution in [0.5, 0.6) is 11.5 Å². The molecule has 8 heteroatoms. The Bertz CT molecular complexity index is 1010. The van der Waals surface area contributed by atoms with Crippen molar-refractivity contribution < 1.29 is 23.9 Å². The van der Waals surface area contributed by atoms with E-state index in [1.807, 2.05) is 6.92 Å². The highest BCUT2D eigenvalue weighted by molar-refractivity contribution is 8.01. The number of amides is 2. The highest BCUT2D eigenvalue weighted by atomic mass is 32.2. The number of ether oxygens (including phenoxy) is 2. The lowest BCUT2D eigenvalue weighted by Gasteiger charge is -2.29. The van der Waals surface area contributed by atoms with E-state index < -0.39 is 5.25 Å². The molecular formula is C24H26N2O5S. The maximum atomic E-state index is 12.9. The number of carbonyl (C=O) groups excluding carboxylic acids is 3. The summed E-state index contributed by atoms with van der Waals surface area (Å²) in [4.78, 5) is 38.9. The number of Topliss-reactive ketones (excluding diaryl/α,β-unsaturated/α-hetero) is 1. The maximum absolute atomic E-state index is 12.9. The summed E-state index contributed by atoms with van der Waals surface area (Å²) in [5.41, 5.74) is 1.68. The summed E-state index contributed by atoms with van der Waals surface area (Å²) < 4.78 is 10.8. The van der Waals surface area contributed by atoms with Gasteiger partial charge < -0.3 is 19.7 Å². The van der Waals surface area contributed by atoms with E-state index in [-0.39, 0.29) is 30.0 Å². The fourth-order valence-corrected chi connectivity index (χ4v) is 3.95. The van der Waals surface area contributed by atoms with Crippen molar-refractivity contribution in [1.29, 1.82) is 0 Å². The van der Waals surface area contributed by atoms with Crippen LogP contribution >= 0.6 is 11.8 Å². The molecule has 1 unspecified atom stereocenters. The second-order valence-electron chi connectivity index (χ2n) is 7.09. The number of anilines is 2. The Morgan fingerprint density at radius 2 is 2.03 bits per heavy atom. The zero-order chi connectivity index (χ0) is 23.1. The van der Waals surface area contributed by atoms with Crippen LogP contribution in [0.4, 0.5) is 11.4 Å². The van der Waals surface area contributed by atoms with Gasteiger partial charge in [0.25, 0.3) is 5.91 Å². The second kappa shape index (κ2) is 10.9. The van der Waals surface area contributed by atoms with Gasteiger partial charge in [-0.25, -0.2) is 0 Å². The lowest BCUT2D eigenvalue weighted by atomic mass is 10.1. The van der Waals surface area contributed by atoms with Crippen molar-refractivity contribution in [3.8, 4) is 11.5 Å². The molecule has 0 fully saturated rings. The quantitative estimate of drug-likeness (QED) is 0.432. The van der Waals surface area contributed by atoms with Crippen molar-refractivity contribution in [3.63, 3.8) is 0 Å². The highest BCUT2D eigenvalue weighted by Gasteiger charge is 2.26. The van der Waals surface area contributed by atoms with Crippen LogP contribution in [-0.2, 0) is 9.59 Å². The van der Waals surface area contributed by atoms with Crippen LogP contribution in [0.1, 0.15) is 24.2 Å². The van der Waals surface area contributed by atoms with Crippen LogP contribution in [0.25, 0.3) is 0 Å². The normalized spacial score (nSPS) is 13.6. The predicted molar refractivity (Wildman–Crippen MR) is 127 cm³/mol. The first-order valence-corrected chi connectivity index (χ1v) is 11.3. The summed E-state index contributed by atoms with van der Waals surface area (Å²) in [6.07, 6.45) is 1.63. The number of nitrogens with one attached hydrogen (secondary N) is 1. The van der Waals surface area contributed by atoms with Crippen molar-refractivity contribution in [1.82, 2.24) is 0 Å². The van der Waals surface area contributed by atoms with E-state index >= 15 is 0 Å². The largest absolute Gasteiger partial charge is 0.494 e. The molecule has 1 aliphatic rings. The highest BCUT2D eigenvalue weighted by Crippen LogP contribution is 2.33. The standard InChI is InChI=1S/C24H26N2O5S/c1-4-12-26-20-13-17(6-11-21(20)31-14-23(26)28)24(29)16(3)32-15-22(27)25-18-7-9-19(10-8-18)30-5-2/h4,6-11,13,16H,1,5,12,14-15H2,2-3H3,(H,25,27). The Balaban J connectivity index is 1.59. The minimum atomic E-state index is -0.438. The molecule has 0 spiro atoms. The number of benzene rings is 2. The van der Waals surface area contributed by atoms with Crippen LogP contribution in [0.2, 0.25) is 0 Å². The number of rotatable bonds is 10. The van der Waals surface area contributed by atoms with Crippen LogP contribution in [-0.4, -0.2) is 48.4 Å². The van der Waals surface area contributed by atoms with Crippen LogP contribution in [0.3, 0.4) is 0 Å². The smallest absolute Gasteiger partial charge is 0.265 e. The van der Waals surface area contributed by atoms with Crippen molar-refractivity contribution in [2.24, 2.45) is 0 Å². The Morgan fingerprint density at radius 3 is 2.72 bits per heavy atom. The molecule has 168 valence electrons. The first-order chi connectivity index (χ1) is 15.4. The molecule has 32 heavy (non-hydrogen) atoms. The molecule has 0 saturated carbocycles. The van der Waals surface area contributed by atoms with Gasteiger partial charge in [-0.3, -0.25) is 14.4 Å². The lowest BCUT2D eigenvalue weighted by molar-refractivity contribution is -0.121. The van der Waals surface area contributed by atoms with Crippen LogP contribution in [0, 0.1) is 0 Å². The molecule has 2 aromatic carbocycles. The van der Waals surface area contributed by atoms with Gasteiger partial charge in [-0.1, -0.05) is 6.08 Å². The van der Waals surface area contributed by atoms with E-state index in [0.29, 0.717) is 35.8 Å². The fourth-order valence-electron chi connectivity index (χ4n) is 3.19. The Kier molecular flexibility index (Phi) is 7.94. The molecule has 2 amide bonds. The summed E-state index contributed by atoms with van der Waals surface area (Å²) in [6.45, 7) is 8.23. The average molecular weight is 455 g/mol. The molecule has 1 atom stereocenters. The lowest BCUT2D eigenvalue weighted by Crippen LogP contribution is -2.39. The van der Waals surface area contributed by atoms with Gasteiger partial charge in [-0.05, 0) is 56.3 Å². The third-order valence-electron chi connectivity index (χ3n) is 4.78. The summed E-state index contributed by atoms with van der Waals surface area (Å²) in [5.74, 6) is 0.926. The molecule has 0 saturated heterocycles. The van der Waals surface area contributed by atoms with E-state index in [1.165, 1.54) is 11.8 Å². The minimum Gasteiger partial charge on any atom is -0.494 e. The molecule has 0 radical (unpaired) electrons. The average Bonchev–Trinajstić information content (AvgIpc) is 2.80. The van der Waals surface area contributed by atoms with E-state index in [9.17, 15) is 14.4 Å². The topological polar surface area (TPSA) is 84.9 Å². The molecule has 1 aliphatic heterocycles. The monoisotopic (exact) mass is 454 g/mol. The first-order valence-electron chi connectivity index (χ1n) is 10.3. The molecule has 7 nitrogen and oxygen atoms in total. The van der Waals surface area contributed by atoms with Gasteiger partial charge in [0.1, 0.15) is 11.5 Å². The Labute approximate surface area is 191 Å². The van der Waals surface area contributed by atoms with Gasteiger partial charge >= 0.3 is 0 Å². The predicted octanol–water partition coefficient (Wildman–Crippen LogP) is 3.94. The van der Waals surface area contributed by atoms with Gasteiger partial charge in [0, 0.05) is 17.8 Å². The van der Waals surface area contributed by atoms with E-state index in [2.05, 4.69) is 11.9 Å². The fraction of sp³-hybridized carbons (Fsp3) is 0.292. The number of fused-ring (bicyclic) bond motifs is 1. The summed E-state index contributed by atoms with van der Waals surface area (Å²) >= 11 is 1.25. The zero-order valence-electron chi connectivity index (χ0n) is 18.1. The number of hydrogen-bond donors (Lipinski definition) is 1. The minimum absolute atomic E-state index is 0.0378. The second-order valence-corrected chi connectivity index (χ2v) is 8.42. The van der Waals surface area contributed by atoms with Gasteiger partial charge in [-0.2, -0.15) is 0 Å². The van der Waals surface area contributed by atoms with E-state index in [4.69, 9.17) is 9.47 Å².